The Kier molecular flexibility index (Phi) is 4.04. The first-order chi connectivity index (χ1) is 10.6. The lowest BCUT2D eigenvalue weighted by molar-refractivity contribution is -0.120. The molecule has 1 aliphatic rings. The minimum absolute atomic E-state index is 0.0282. The normalized spacial score (nSPS) is 15.9. The molecule has 1 aromatic carbocycles. The molecule has 3 rings (SSSR count). The van der Waals surface area contributed by atoms with Gasteiger partial charge in [0.1, 0.15) is 5.69 Å². The summed E-state index contributed by atoms with van der Waals surface area (Å²) in [6.45, 7) is 1.60. The van der Waals surface area contributed by atoms with Gasteiger partial charge in [-0.1, -0.05) is 11.6 Å². The topological polar surface area (TPSA) is 94.2 Å². The number of fused-ring (bicyclic) bond motifs is 1. The number of halogens is 1. The van der Waals surface area contributed by atoms with Crippen molar-refractivity contribution >= 4 is 40.1 Å². The van der Waals surface area contributed by atoms with Gasteiger partial charge in [-0.2, -0.15) is 0 Å². The van der Waals surface area contributed by atoms with Gasteiger partial charge in [-0.3, -0.25) is 4.79 Å². The quantitative estimate of drug-likeness (QED) is 0.698. The SMILES string of the molecule is O=C(O)c1[nH]c2cc(Cl)ccc2c1NC(=O)C1CCNCC1. The van der Waals surface area contributed by atoms with Crippen molar-refractivity contribution in [2.24, 2.45) is 5.92 Å². The van der Waals surface area contributed by atoms with Crippen LogP contribution in [0.4, 0.5) is 5.69 Å². The summed E-state index contributed by atoms with van der Waals surface area (Å²) in [5.41, 5.74) is 0.868. The molecule has 1 amide bonds. The number of nitrogens with one attached hydrogen (secondary N) is 3. The maximum absolute atomic E-state index is 12.4. The number of piperidine rings is 1. The molecule has 1 aliphatic heterocycles. The number of carboxylic acid groups (broad SMARTS) is 1. The van der Waals surface area contributed by atoms with Gasteiger partial charge in [0.05, 0.1) is 5.69 Å². The number of amides is 1. The Balaban J connectivity index is 1.95. The number of aromatic carboxylic acids is 1. The van der Waals surface area contributed by atoms with Crippen LogP contribution in [0.25, 0.3) is 10.9 Å². The Hall–Kier alpha value is -2.05. The van der Waals surface area contributed by atoms with Gasteiger partial charge in [0.2, 0.25) is 5.91 Å². The van der Waals surface area contributed by atoms with Crippen molar-refractivity contribution < 1.29 is 14.7 Å². The predicted molar refractivity (Wildman–Crippen MR) is 84.5 cm³/mol. The molecule has 116 valence electrons. The average Bonchev–Trinajstić information content (AvgIpc) is 2.86. The van der Waals surface area contributed by atoms with Crippen molar-refractivity contribution in [1.29, 1.82) is 0 Å². The zero-order valence-electron chi connectivity index (χ0n) is 11.8. The highest BCUT2D eigenvalue weighted by Gasteiger charge is 2.24. The number of carbonyl (C=O) groups is 2. The molecule has 6 nitrogen and oxygen atoms in total. The highest BCUT2D eigenvalue weighted by atomic mass is 35.5. The van der Waals surface area contributed by atoms with Gasteiger partial charge in [0.15, 0.2) is 0 Å². The molecule has 2 aromatic rings. The fraction of sp³-hybridized carbons (Fsp3) is 0.333. The third kappa shape index (κ3) is 2.80. The van der Waals surface area contributed by atoms with E-state index in [1.807, 2.05) is 0 Å². The maximum atomic E-state index is 12.4. The van der Waals surface area contributed by atoms with Crippen LogP contribution < -0.4 is 10.6 Å². The van der Waals surface area contributed by atoms with E-state index in [-0.39, 0.29) is 17.5 Å². The fourth-order valence-electron chi connectivity index (χ4n) is 2.77. The first kappa shape index (κ1) is 14.9. The summed E-state index contributed by atoms with van der Waals surface area (Å²) in [6, 6.07) is 5.02. The molecular formula is C15H16ClN3O3. The summed E-state index contributed by atoms with van der Waals surface area (Å²) in [4.78, 5) is 26.6. The molecule has 0 aliphatic carbocycles. The van der Waals surface area contributed by atoms with E-state index in [0.717, 1.165) is 25.9 Å². The fourth-order valence-corrected chi connectivity index (χ4v) is 2.94. The predicted octanol–water partition coefficient (Wildman–Crippen LogP) is 2.46. The van der Waals surface area contributed by atoms with Crippen LogP contribution in [0.5, 0.6) is 0 Å². The number of benzene rings is 1. The molecule has 22 heavy (non-hydrogen) atoms. The molecule has 2 heterocycles. The molecule has 4 N–H and O–H groups in total. The molecule has 1 fully saturated rings. The molecule has 7 heteroatoms. The Morgan fingerprint density at radius 3 is 2.68 bits per heavy atom. The number of hydrogen-bond donors (Lipinski definition) is 4. The Labute approximate surface area is 131 Å². The zero-order chi connectivity index (χ0) is 15.7. The highest BCUT2D eigenvalue weighted by molar-refractivity contribution is 6.31. The smallest absolute Gasteiger partial charge is 0.354 e. The van der Waals surface area contributed by atoms with Crippen molar-refractivity contribution in [2.45, 2.75) is 12.8 Å². The van der Waals surface area contributed by atoms with E-state index in [2.05, 4.69) is 15.6 Å². The first-order valence-electron chi connectivity index (χ1n) is 7.12. The van der Waals surface area contributed by atoms with Gasteiger partial charge in [-0.25, -0.2) is 4.79 Å². The third-order valence-corrected chi connectivity index (χ3v) is 4.17. The van der Waals surface area contributed by atoms with Gasteiger partial charge >= 0.3 is 5.97 Å². The number of hydrogen-bond acceptors (Lipinski definition) is 3. The second-order valence-corrected chi connectivity index (χ2v) is 5.82. The zero-order valence-corrected chi connectivity index (χ0v) is 12.5. The van der Waals surface area contributed by atoms with E-state index in [1.165, 1.54) is 0 Å². The van der Waals surface area contributed by atoms with Crippen LogP contribution in [0.15, 0.2) is 18.2 Å². The monoisotopic (exact) mass is 321 g/mol. The maximum Gasteiger partial charge on any atom is 0.354 e. The summed E-state index contributed by atoms with van der Waals surface area (Å²) in [5, 5.41) is 16.5. The molecule has 0 radical (unpaired) electrons. The lowest BCUT2D eigenvalue weighted by Gasteiger charge is -2.21. The highest BCUT2D eigenvalue weighted by Crippen LogP contribution is 2.30. The molecule has 0 unspecified atom stereocenters. The largest absolute Gasteiger partial charge is 0.477 e. The van der Waals surface area contributed by atoms with E-state index in [9.17, 15) is 14.7 Å². The van der Waals surface area contributed by atoms with Crippen molar-refractivity contribution in [3.8, 4) is 0 Å². The summed E-state index contributed by atoms with van der Waals surface area (Å²) in [5.74, 6) is -1.35. The summed E-state index contributed by atoms with van der Waals surface area (Å²) in [7, 11) is 0. The molecular weight excluding hydrogens is 306 g/mol. The molecule has 0 bridgehead atoms. The van der Waals surface area contributed by atoms with Crippen LogP contribution >= 0.6 is 11.6 Å². The Bertz CT molecular complexity index is 735. The number of H-pyrrole nitrogens is 1. The van der Waals surface area contributed by atoms with Gasteiger partial charge < -0.3 is 20.7 Å². The number of rotatable bonds is 3. The number of anilines is 1. The average molecular weight is 322 g/mol. The Morgan fingerprint density at radius 1 is 1.27 bits per heavy atom. The second kappa shape index (κ2) is 5.98. The minimum atomic E-state index is -1.12. The van der Waals surface area contributed by atoms with E-state index in [1.54, 1.807) is 18.2 Å². The number of carbonyl (C=O) groups excluding carboxylic acids is 1. The third-order valence-electron chi connectivity index (χ3n) is 3.93. The van der Waals surface area contributed by atoms with Crippen LogP contribution in [0.1, 0.15) is 23.3 Å². The van der Waals surface area contributed by atoms with E-state index < -0.39 is 5.97 Å². The van der Waals surface area contributed by atoms with E-state index in [0.29, 0.717) is 21.6 Å². The molecule has 0 spiro atoms. The van der Waals surface area contributed by atoms with Crippen LogP contribution in [-0.4, -0.2) is 35.1 Å². The molecule has 1 saturated heterocycles. The van der Waals surface area contributed by atoms with Crippen molar-refractivity contribution in [1.82, 2.24) is 10.3 Å². The van der Waals surface area contributed by atoms with E-state index in [4.69, 9.17) is 11.6 Å². The molecule has 0 atom stereocenters. The van der Waals surface area contributed by atoms with Crippen LogP contribution in [0.2, 0.25) is 5.02 Å². The van der Waals surface area contributed by atoms with Crippen molar-refractivity contribution in [3.05, 3.63) is 28.9 Å². The van der Waals surface area contributed by atoms with Crippen molar-refractivity contribution in [2.75, 3.05) is 18.4 Å². The van der Waals surface area contributed by atoms with Gasteiger partial charge in [-0.15, -0.1) is 0 Å². The first-order valence-corrected chi connectivity index (χ1v) is 7.50. The number of carboxylic acids is 1. The lowest BCUT2D eigenvalue weighted by atomic mass is 9.97. The summed E-state index contributed by atoms with van der Waals surface area (Å²) < 4.78 is 0. The van der Waals surface area contributed by atoms with Crippen LogP contribution in [-0.2, 0) is 4.79 Å². The van der Waals surface area contributed by atoms with Gasteiger partial charge in [-0.05, 0) is 44.1 Å². The van der Waals surface area contributed by atoms with E-state index >= 15 is 0 Å². The van der Waals surface area contributed by atoms with Gasteiger partial charge in [0.25, 0.3) is 0 Å². The number of aromatic amines is 1. The molecule has 1 aromatic heterocycles. The Morgan fingerprint density at radius 2 is 2.00 bits per heavy atom. The lowest BCUT2D eigenvalue weighted by Crippen LogP contribution is -2.34. The summed E-state index contributed by atoms with van der Waals surface area (Å²) >= 11 is 5.93. The standard InChI is InChI=1S/C15H16ClN3O3/c16-9-1-2-10-11(7-9)18-13(15(21)22)12(10)19-14(20)8-3-5-17-6-4-8/h1-2,7-8,17-18H,3-6H2,(H,19,20)(H,21,22). The van der Waals surface area contributed by atoms with Crippen LogP contribution in [0, 0.1) is 5.92 Å². The second-order valence-electron chi connectivity index (χ2n) is 5.38. The van der Waals surface area contributed by atoms with Gasteiger partial charge in [0, 0.05) is 21.8 Å². The van der Waals surface area contributed by atoms with Crippen LogP contribution in [0.3, 0.4) is 0 Å². The number of aromatic nitrogens is 1. The molecule has 0 saturated carbocycles. The van der Waals surface area contributed by atoms with Crippen molar-refractivity contribution in [3.63, 3.8) is 0 Å². The minimum Gasteiger partial charge on any atom is -0.477 e. The summed E-state index contributed by atoms with van der Waals surface area (Å²) in [6.07, 6.45) is 1.50.